The van der Waals surface area contributed by atoms with Gasteiger partial charge in [-0.2, -0.15) is 4.52 Å². The third kappa shape index (κ3) is 4.12. The van der Waals surface area contributed by atoms with Gasteiger partial charge in [-0.15, -0.1) is 15.3 Å². The Labute approximate surface area is 172 Å². The minimum Gasteiger partial charge on any atom is -0.475 e. The molecule has 0 saturated carbocycles. The second-order valence-corrected chi connectivity index (χ2v) is 6.88. The average Bonchev–Trinajstić information content (AvgIpc) is 3.17. The molecule has 0 aliphatic heterocycles. The molecule has 0 atom stereocenters. The maximum absolute atomic E-state index is 13.2. The largest absolute Gasteiger partial charge is 0.475 e. The number of fused-ring (bicyclic) bond motifs is 1. The van der Waals surface area contributed by atoms with Gasteiger partial charge in [0.15, 0.2) is 11.5 Å². The molecule has 1 amide bonds. The lowest BCUT2D eigenvalue weighted by atomic mass is 10.1. The highest BCUT2D eigenvalue weighted by atomic mass is 19.1. The SMILES string of the molecule is Cc1ccc(C(=O)NCCOc2ccc3nnc(-c4ccc(F)cc4)n3n2)cc1C. The summed E-state index contributed by atoms with van der Waals surface area (Å²) in [4.78, 5) is 12.3. The molecule has 1 N–H and O–H groups in total. The minimum atomic E-state index is -0.326. The van der Waals surface area contributed by atoms with E-state index in [1.54, 1.807) is 30.3 Å². The molecule has 152 valence electrons. The van der Waals surface area contributed by atoms with Gasteiger partial charge in [0.1, 0.15) is 12.4 Å². The van der Waals surface area contributed by atoms with Crippen LogP contribution in [0.5, 0.6) is 5.88 Å². The Morgan fingerprint density at radius 3 is 2.60 bits per heavy atom. The zero-order valence-electron chi connectivity index (χ0n) is 16.6. The zero-order chi connectivity index (χ0) is 21.1. The average molecular weight is 405 g/mol. The fourth-order valence-electron chi connectivity index (χ4n) is 2.93. The highest BCUT2D eigenvalue weighted by Gasteiger charge is 2.11. The molecule has 2 heterocycles. The quantitative estimate of drug-likeness (QED) is 0.498. The first-order valence-electron chi connectivity index (χ1n) is 9.48. The van der Waals surface area contributed by atoms with Gasteiger partial charge in [-0.05, 0) is 67.4 Å². The van der Waals surface area contributed by atoms with Crippen LogP contribution in [0.1, 0.15) is 21.5 Å². The lowest BCUT2D eigenvalue weighted by molar-refractivity contribution is 0.0946. The monoisotopic (exact) mass is 405 g/mol. The van der Waals surface area contributed by atoms with Crippen LogP contribution in [0.2, 0.25) is 0 Å². The van der Waals surface area contributed by atoms with E-state index in [0.717, 1.165) is 11.1 Å². The number of carbonyl (C=O) groups excluding carboxylic acids is 1. The summed E-state index contributed by atoms with van der Waals surface area (Å²) in [6, 6.07) is 15.0. The second-order valence-electron chi connectivity index (χ2n) is 6.88. The van der Waals surface area contributed by atoms with Crippen LogP contribution in [0, 0.1) is 19.7 Å². The van der Waals surface area contributed by atoms with Crippen molar-refractivity contribution in [3.05, 3.63) is 77.1 Å². The molecular formula is C22H20FN5O2. The molecule has 0 aliphatic rings. The summed E-state index contributed by atoms with van der Waals surface area (Å²) in [5.41, 5.74) is 4.07. The van der Waals surface area contributed by atoms with E-state index < -0.39 is 0 Å². The Hall–Kier alpha value is -3.81. The smallest absolute Gasteiger partial charge is 0.251 e. The van der Waals surface area contributed by atoms with Gasteiger partial charge >= 0.3 is 0 Å². The van der Waals surface area contributed by atoms with Crippen molar-refractivity contribution in [1.29, 1.82) is 0 Å². The van der Waals surface area contributed by atoms with Gasteiger partial charge in [0.2, 0.25) is 5.88 Å². The molecule has 0 aliphatic carbocycles. The predicted molar refractivity (Wildman–Crippen MR) is 110 cm³/mol. The first kappa shape index (κ1) is 19.5. The van der Waals surface area contributed by atoms with E-state index in [0.29, 0.717) is 35.0 Å². The molecule has 7 nitrogen and oxygen atoms in total. The molecule has 2 aromatic heterocycles. The maximum Gasteiger partial charge on any atom is 0.251 e. The van der Waals surface area contributed by atoms with Crippen LogP contribution in [0.15, 0.2) is 54.6 Å². The predicted octanol–water partition coefficient (Wildman–Crippen LogP) is 3.36. The number of ether oxygens (including phenoxy) is 1. The second kappa shape index (κ2) is 8.28. The van der Waals surface area contributed by atoms with Crippen LogP contribution in [0.3, 0.4) is 0 Å². The van der Waals surface area contributed by atoms with Crippen LogP contribution in [0.25, 0.3) is 17.0 Å². The Balaban J connectivity index is 1.39. The van der Waals surface area contributed by atoms with Gasteiger partial charge in [-0.1, -0.05) is 6.07 Å². The minimum absolute atomic E-state index is 0.150. The summed E-state index contributed by atoms with van der Waals surface area (Å²) in [7, 11) is 0. The van der Waals surface area contributed by atoms with Crippen LogP contribution >= 0.6 is 0 Å². The van der Waals surface area contributed by atoms with E-state index in [1.165, 1.54) is 16.6 Å². The highest BCUT2D eigenvalue weighted by Crippen LogP contribution is 2.19. The number of carbonyl (C=O) groups is 1. The van der Waals surface area contributed by atoms with E-state index in [9.17, 15) is 9.18 Å². The summed E-state index contributed by atoms with van der Waals surface area (Å²) < 4.78 is 20.4. The lowest BCUT2D eigenvalue weighted by Gasteiger charge is -2.09. The Morgan fingerprint density at radius 1 is 1.03 bits per heavy atom. The number of aryl methyl sites for hydroxylation is 2. The molecule has 0 bridgehead atoms. The number of benzene rings is 2. The van der Waals surface area contributed by atoms with Crippen molar-refractivity contribution in [1.82, 2.24) is 25.1 Å². The third-order valence-corrected chi connectivity index (χ3v) is 4.75. The van der Waals surface area contributed by atoms with Gasteiger partial charge in [-0.25, -0.2) is 4.39 Å². The van der Waals surface area contributed by atoms with E-state index in [1.807, 2.05) is 26.0 Å². The molecule has 30 heavy (non-hydrogen) atoms. The summed E-state index contributed by atoms with van der Waals surface area (Å²) in [6.07, 6.45) is 0. The fourth-order valence-corrected chi connectivity index (χ4v) is 2.93. The number of aromatic nitrogens is 4. The molecule has 0 radical (unpaired) electrons. The van der Waals surface area contributed by atoms with Crippen molar-refractivity contribution in [3.8, 4) is 17.3 Å². The molecule has 8 heteroatoms. The number of hydrogen-bond acceptors (Lipinski definition) is 5. The summed E-state index contributed by atoms with van der Waals surface area (Å²) >= 11 is 0. The van der Waals surface area contributed by atoms with Crippen LogP contribution < -0.4 is 10.1 Å². The molecule has 2 aromatic carbocycles. The molecule has 0 saturated heterocycles. The first-order chi connectivity index (χ1) is 14.5. The number of rotatable bonds is 6. The number of hydrogen-bond donors (Lipinski definition) is 1. The van der Waals surface area contributed by atoms with Gasteiger partial charge in [0.25, 0.3) is 5.91 Å². The summed E-state index contributed by atoms with van der Waals surface area (Å²) in [6.45, 7) is 4.57. The number of nitrogens with one attached hydrogen (secondary N) is 1. The standard InChI is InChI=1S/C22H20FN5O2/c1-14-3-4-17(13-15(14)2)22(29)24-11-12-30-20-10-9-19-25-26-21(28(19)27-20)16-5-7-18(23)8-6-16/h3-10,13H,11-12H2,1-2H3,(H,24,29). The maximum atomic E-state index is 13.2. The molecule has 0 spiro atoms. The van der Waals surface area contributed by atoms with Crippen molar-refractivity contribution in [2.75, 3.05) is 13.2 Å². The van der Waals surface area contributed by atoms with E-state index >= 15 is 0 Å². The van der Waals surface area contributed by atoms with Crippen molar-refractivity contribution >= 4 is 11.6 Å². The van der Waals surface area contributed by atoms with Crippen LogP contribution in [-0.4, -0.2) is 38.9 Å². The Morgan fingerprint density at radius 2 is 1.83 bits per heavy atom. The third-order valence-electron chi connectivity index (χ3n) is 4.75. The Bertz CT molecular complexity index is 1200. The van der Waals surface area contributed by atoms with Gasteiger partial charge < -0.3 is 10.1 Å². The molecule has 4 rings (SSSR count). The van der Waals surface area contributed by atoms with Crippen molar-refractivity contribution in [3.63, 3.8) is 0 Å². The van der Waals surface area contributed by atoms with Crippen molar-refractivity contribution < 1.29 is 13.9 Å². The summed E-state index contributed by atoms with van der Waals surface area (Å²) in [5.74, 6) is 0.375. The van der Waals surface area contributed by atoms with Gasteiger partial charge in [0, 0.05) is 17.2 Å². The molecular weight excluding hydrogens is 385 g/mol. The number of halogens is 1. The van der Waals surface area contributed by atoms with E-state index in [2.05, 4.69) is 20.6 Å². The number of nitrogens with zero attached hydrogens (tertiary/aromatic N) is 4. The molecule has 4 aromatic rings. The first-order valence-corrected chi connectivity index (χ1v) is 9.48. The van der Waals surface area contributed by atoms with Crippen molar-refractivity contribution in [2.24, 2.45) is 0 Å². The molecule has 0 unspecified atom stereocenters. The topological polar surface area (TPSA) is 81.4 Å². The van der Waals surface area contributed by atoms with Crippen LogP contribution in [0.4, 0.5) is 4.39 Å². The molecule has 0 fully saturated rings. The van der Waals surface area contributed by atoms with E-state index in [-0.39, 0.29) is 18.3 Å². The summed E-state index contributed by atoms with van der Waals surface area (Å²) in [5, 5.41) is 15.4. The lowest BCUT2D eigenvalue weighted by Crippen LogP contribution is -2.28. The normalized spacial score (nSPS) is 10.9. The zero-order valence-corrected chi connectivity index (χ0v) is 16.6. The van der Waals surface area contributed by atoms with Gasteiger partial charge in [0.05, 0.1) is 6.54 Å². The van der Waals surface area contributed by atoms with Crippen LogP contribution in [-0.2, 0) is 0 Å². The number of amides is 1. The van der Waals surface area contributed by atoms with E-state index in [4.69, 9.17) is 4.74 Å². The highest BCUT2D eigenvalue weighted by molar-refractivity contribution is 5.94. The van der Waals surface area contributed by atoms with Crippen molar-refractivity contribution in [2.45, 2.75) is 13.8 Å². The van der Waals surface area contributed by atoms with Gasteiger partial charge in [-0.3, -0.25) is 4.79 Å². The Kier molecular flexibility index (Phi) is 5.38. The fraction of sp³-hybridized carbons (Fsp3) is 0.182.